The molecule has 0 aromatic heterocycles. The van der Waals surface area contributed by atoms with Gasteiger partial charge in [-0.1, -0.05) is 59.6 Å². The summed E-state index contributed by atoms with van der Waals surface area (Å²) >= 11 is 0. The van der Waals surface area contributed by atoms with Crippen molar-refractivity contribution in [1.29, 1.82) is 0 Å². The molecular formula is C19H31NSi. The summed E-state index contributed by atoms with van der Waals surface area (Å²) in [6.45, 7) is 16.3. The Bertz CT molecular complexity index is 510. The third-order valence-corrected chi connectivity index (χ3v) is 11.1. The SMILES string of the molecule is CNc1c(C)cccc1C#C[Si](C(C)C)(C(C)C)C(C)C. The van der Waals surface area contributed by atoms with E-state index >= 15 is 0 Å². The molecule has 116 valence electrons. The van der Waals surface area contributed by atoms with E-state index in [0.717, 1.165) is 5.56 Å². The Morgan fingerprint density at radius 2 is 1.48 bits per heavy atom. The number of aryl methyl sites for hydroxylation is 1. The molecule has 0 amide bonds. The zero-order valence-electron chi connectivity index (χ0n) is 15.0. The maximum Gasteiger partial charge on any atom is 0.146 e. The normalized spacial score (nSPS) is 11.8. The van der Waals surface area contributed by atoms with Gasteiger partial charge in [-0.3, -0.25) is 0 Å². The molecular weight excluding hydrogens is 270 g/mol. The molecule has 0 saturated carbocycles. The molecule has 2 heteroatoms. The summed E-state index contributed by atoms with van der Waals surface area (Å²) in [5.41, 5.74) is 9.39. The van der Waals surface area contributed by atoms with Gasteiger partial charge in [0.05, 0.1) is 5.69 Å². The highest BCUT2D eigenvalue weighted by Gasteiger charge is 2.41. The Hall–Kier alpha value is -1.20. The third-order valence-electron chi connectivity index (χ3n) is 4.80. The number of hydrogen-bond donors (Lipinski definition) is 1. The highest BCUT2D eigenvalue weighted by Crippen LogP contribution is 2.40. The van der Waals surface area contributed by atoms with Gasteiger partial charge < -0.3 is 5.32 Å². The number of nitrogens with one attached hydrogen (secondary N) is 1. The van der Waals surface area contributed by atoms with Gasteiger partial charge in [-0.25, -0.2) is 0 Å². The minimum atomic E-state index is -1.65. The van der Waals surface area contributed by atoms with Crippen molar-refractivity contribution in [2.24, 2.45) is 0 Å². The lowest BCUT2D eigenvalue weighted by atomic mass is 10.1. The van der Waals surface area contributed by atoms with E-state index in [1.54, 1.807) is 0 Å². The molecule has 0 atom stereocenters. The van der Waals surface area contributed by atoms with Gasteiger partial charge in [-0.2, -0.15) is 0 Å². The van der Waals surface area contributed by atoms with Crippen LogP contribution in [0.1, 0.15) is 52.7 Å². The van der Waals surface area contributed by atoms with E-state index in [9.17, 15) is 0 Å². The first-order valence-corrected chi connectivity index (χ1v) is 10.3. The lowest BCUT2D eigenvalue weighted by Gasteiger charge is -2.38. The zero-order valence-corrected chi connectivity index (χ0v) is 16.0. The van der Waals surface area contributed by atoms with Crippen LogP contribution in [0.3, 0.4) is 0 Å². The van der Waals surface area contributed by atoms with Crippen molar-refractivity contribution < 1.29 is 0 Å². The molecule has 1 aromatic carbocycles. The largest absolute Gasteiger partial charge is 0.387 e. The standard InChI is InChI=1S/C19H31NSi/c1-14(2)21(15(3)4,16(5)6)13-12-18-11-9-10-17(7)19(18)20-8/h9-11,14-16,20H,1-8H3. The highest BCUT2D eigenvalue weighted by molar-refractivity contribution is 6.90. The molecule has 1 nitrogen and oxygen atoms in total. The van der Waals surface area contributed by atoms with Crippen LogP contribution in [-0.2, 0) is 0 Å². The molecule has 0 aliphatic heterocycles. The van der Waals surface area contributed by atoms with Crippen molar-refractivity contribution in [2.45, 2.75) is 65.1 Å². The van der Waals surface area contributed by atoms with Gasteiger partial charge in [0.25, 0.3) is 0 Å². The predicted molar refractivity (Wildman–Crippen MR) is 98.7 cm³/mol. The summed E-state index contributed by atoms with van der Waals surface area (Å²) in [6, 6.07) is 6.37. The molecule has 1 aromatic rings. The zero-order chi connectivity index (χ0) is 16.2. The first kappa shape index (κ1) is 17.8. The third kappa shape index (κ3) is 3.52. The molecule has 0 aliphatic rings. The van der Waals surface area contributed by atoms with Crippen LogP contribution in [-0.4, -0.2) is 15.1 Å². The fraction of sp³-hybridized carbons (Fsp3) is 0.579. The first-order chi connectivity index (χ1) is 9.77. The first-order valence-electron chi connectivity index (χ1n) is 8.07. The summed E-state index contributed by atoms with van der Waals surface area (Å²) in [4.78, 5) is 0. The molecule has 0 aliphatic carbocycles. The van der Waals surface area contributed by atoms with Gasteiger partial charge in [-0.05, 0) is 35.2 Å². The van der Waals surface area contributed by atoms with E-state index in [2.05, 4.69) is 83.4 Å². The molecule has 0 fully saturated rings. The number of benzene rings is 1. The monoisotopic (exact) mass is 301 g/mol. The Morgan fingerprint density at radius 1 is 0.952 bits per heavy atom. The van der Waals surface area contributed by atoms with Crippen molar-refractivity contribution in [3.63, 3.8) is 0 Å². The van der Waals surface area contributed by atoms with Crippen LogP contribution in [0.15, 0.2) is 18.2 Å². The molecule has 0 saturated heterocycles. The number of anilines is 1. The van der Waals surface area contributed by atoms with Crippen LogP contribution in [0, 0.1) is 18.4 Å². The van der Waals surface area contributed by atoms with Crippen LogP contribution in [0.4, 0.5) is 5.69 Å². The summed E-state index contributed by atoms with van der Waals surface area (Å²) < 4.78 is 0. The maximum atomic E-state index is 3.80. The van der Waals surface area contributed by atoms with E-state index in [4.69, 9.17) is 0 Å². The van der Waals surface area contributed by atoms with Crippen molar-refractivity contribution in [2.75, 3.05) is 12.4 Å². The Kier molecular flexibility index (Phi) is 6.10. The minimum Gasteiger partial charge on any atom is -0.387 e. The topological polar surface area (TPSA) is 12.0 Å². The molecule has 0 spiro atoms. The molecule has 21 heavy (non-hydrogen) atoms. The van der Waals surface area contributed by atoms with Crippen LogP contribution in [0.2, 0.25) is 16.6 Å². The van der Waals surface area contributed by atoms with Crippen molar-refractivity contribution in [3.05, 3.63) is 29.3 Å². The molecule has 0 heterocycles. The van der Waals surface area contributed by atoms with E-state index in [0.29, 0.717) is 16.6 Å². The van der Waals surface area contributed by atoms with Crippen LogP contribution in [0.25, 0.3) is 0 Å². The maximum absolute atomic E-state index is 3.80. The van der Waals surface area contributed by atoms with Crippen LogP contribution < -0.4 is 5.32 Å². The van der Waals surface area contributed by atoms with Gasteiger partial charge in [-0.15, -0.1) is 5.54 Å². The molecule has 0 unspecified atom stereocenters. The van der Waals surface area contributed by atoms with Gasteiger partial charge in [0, 0.05) is 12.6 Å². The van der Waals surface area contributed by atoms with Crippen LogP contribution >= 0.6 is 0 Å². The summed E-state index contributed by atoms with van der Waals surface area (Å²) in [5, 5.41) is 3.30. The van der Waals surface area contributed by atoms with E-state index < -0.39 is 8.07 Å². The van der Waals surface area contributed by atoms with E-state index in [-0.39, 0.29) is 0 Å². The Morgan fingerprint density at radius 3 is 1.90 bits per heavy atom. The smallest absolute Gasteiger partial charge is 0.146 e. The Labute approximate surface area is 132 Å². The van der Waals surface area contributed by atoms with Gasteiger partial charge in [0.2, 0.25) is 0 Å². The average Bonchev–Trinajstić information content (AvgIpc) is 2.38. The summed E-state index contributed by atoms with van der Waals surface area (Å²) in [7, 11) is 0.325. The number of hydrogen-bond acceptors (Lipinski definition) is 1. The average molecular weight is 302 g/mol. The lowest BCUT2D eigenvalue weighted by molar-refractivity contribution is 0.838. The summed E-state index contributed by atoms with van der Waals surface area (Å²) in [5.74, 6) is 3.54. The predicted octanol–water partition coefficient (Wildman–Crippen LogP) is 5.61. The van der Waals surface area contributed by atoms with Crippen molar-refractivity contribution in [3.8, 4) is 11.5 Å². The second-order valence-electron chi connectivity index (χ2n) is 6.89. The number of rotatable bonds is 4. The highest BCUT2D eigenvalue weighted by atomic mass is 28.3. The van der Waals surface area contributed by atoms with E-state index in [1.807, 2.05) is 7.05 Å². The van der Waals surface area contributed by atoms with Gasteiger partial charge >= 0.3 is 0 Å². The summed E-state index contributed by atoms with van der Waals surface area (Å²) in [6.07, 6.45) is 0. The van der Waals surface area contributed by atoms with Gasteiger partial charge in [0.1, 0.15) is 8.07 Å². The lowest BCUT2D eigenvalue weighted by Crippen LogP contribution is -2.43. The van der Waals surface area contributed by atoms with Gasteiger partial charge in [0.15, 0.2) is 0 Å². The van der Waals surface area contributed by atoms with E-state index in [1.165, 1.54) is 11.3 Å². The van der Waals surface area contributed by atoms with Crippen molar-refractivity contribution in [1.82, 2.24) is 0 Å². The molecule has 1 N–H and O–H groups in total. The molecule has 0 radical (unpaired) electrons. The van der Waals surface area contributed by atoms with Crippen LogP contribution in [0.5, 0.6) is 0 Å². The van der Waals surface area contributed by atoms with Crippen molar-refractivity contribution >= 4 is 13.8 Å². The number of para-hydroxylation sites is 1. The molecule has 0 bridgehead atoms. The molecule has 1 rings (SSSR count). The quantitative estimate of drug-likeness (QED) is 0.563. The fourth-order valence-electron chi connectivity index (χ4n) is 3.71. The fourth-order valence-corrected chi connectivity index (χ4v) is 8.93. The second-order valence-corrected chi connectivity index (χ2v) is 12.5. The Balaban J connectivity index is 3.39. The minimum absolute atomic E-state index is 0.674. The second kappa shape index (κ2) is 7.18.